The van der Waals surface area contributed by atoms with Crippen LogP contribution in [0.1, 0.15) is 16.7 Å². The fourth-order valence-electron chi connectivity index (χ4n) is 2.68. The number of benzene rings is 2. The van der Waals surface area contributed by atoms with Crippen molar-refractivity contribution in [1.82, 2.24) is 0 Å². The van der Waals surface area contributed by atoms with E-state index in [0.717, 1.165) is 17.2 Å². The van der Waals surface area contributed by atoms with Crippen molar-refractivity contribution in [2.75, 3.05) is 11.4 Å². The summed E-state index contributed by atoms with van der Waals surface area (Å²) in [4.78, 5) is 1.90. The zero-order chi connectivity index (χ0) is 15.9. The fourth-order valence-corrected chi connectivity index (χ4v) is 2.96. The van der Waals surface area contributed by atoms with Gasteiger partial charge < -0.3 is 4.90 Å². The zero-order valence-electron chi connectivity index (χ0n) is 11.4. The topological polar surface area (TPSA) is 3.24 Å². The molecule has 3 rings (SSSR count). The second-order valence-corrected chi connectivity index (χ2v) is 5.65. The SMILES string of the molecule is Fc1ccc2c(c1)CN(c1ccc(C(F)(F)F)c(Cl)c1)CC2. The summed E-state index contributed by atoms with van der Waals surface area (Å²) in [6.07, 6.45) is -3.75. The van der Waals surface area contributed by atoms with Gasteiger partial charge >= 0.3 is 6.18 Å². The van der Waals surface area contributed by atoms with E-state index in [1.54, 1.807) is 6.07 Å². The largest absolute Gasteiger partial charge is 0.417 e. The van der Waals surface area contributed by atoms with Crippen LogP contribution in [0.15, 0.2) is 36.4 Å². The van der Waals surface area contributed by atoms with Gasteiger partial charge in [-0.2, -0.15) is 13.2 Å². The first-order chi connectivity index (χ1) is 10.3. The zero-order valence-corrected chi connectivity index (χ0v) is 12.2. The van der Waals surface area contributed by atoms with Gasteiger partial charge in [0.1, 0.15) is 5.82 Å². The number of anilines is 1. The van der Waals surface area contributed by atoms with E-state index in [1.807, 2.05) is 4.90 Å². The number of halogens is 5. The molecule has 116 valence electrons. The van der Waals surface area contributed by atoms with Gasteiger partial charge in [0.15, 0.2) is 0 Å². The van der Waals surface area contributed by atoms with Gasteiger partial charge in [0.05, 0.1) is 10.6 Å². The van der Waals surface area contributed by atoms with Crippen LogP contribution in [-0.2, 0) is 19.1 Å². The molecule has 0 saturated heterocycles. The predicted molar refractivity (Wildman–Crippen MR) is 77.6 cm³/mol. The van der Waals surface area contributed by atoms with E-state index in [1.165, 1.54) is 24.3 Å². The molecule has 1 aliphatic rings. The molecule has 0 radical (unpaired) electrons. The lowest BCUT2D eigenvalue weighted by Crippen LogP contribution is -2.30. The molecule has 0 amide bonds. The van der Waals surface area contributed by atoms with E-state index in [4.69, 9.17) is 11.6 Å². The van der Waals surface area contributed by atoms with Crippen molar-refractivity contribution in [2.24, 2.45) is 0 Å². The summed E-state index contributed by atoms with van der Waals surface area (Å²) in [5, 5.41) is -0.324. The molecule has 0 N–H and O–H groups in total. The molecule has 0 fully saturated rings. The quantitative estimate of drug-likeness (QED) is 0.661. The lowest BCUT2D eigenvalue weighted by atomic mass is 9.99. The lowest BCUT2D eigenvalue weighted by molar-refractivity contribution is -0.137. The highest BCUT2D eigenvalue weighted by molar-refractivity contribution is 6.31. The molecule has 0 bridgehead atoms. The molecule has 0 unspecified atom stereocenters. The van der Waals surface area contributed by atoms with Crippen molar-refractivity contribution in [1.29, 1.82) is 0 Å². The van der Waals surface area contributed by atoms with E-state index in [2.05, 4.69) is 0 Å². The molecule has 0 aliphatic carbocycles. The Labute approximate surface area is 130 Å². The minimum atomic E-state index is -4.47. The number of hydrogen-bond donors (Lipinski definition) is 0. The molecule has 6 heteroatoms. The third kappa shape index (κ3) is 2.90. The Morgan fingerprint density at radius 3 is 2.45 bits per heavy atom. The van der Waals surface area contributed by atoms with E-state index in [0.29, 0.717) is 25.2 Å². The molecular formula is C16H12ClF4N. The Bertz CT molecular complexity index is 712. The maximum atomic E-state index is 13.3. The second-order valence-electron chi connectivity index (χ2n) is 5.25. The average Bonchev–Trinajstić information content (AvgIpc) is 2.45. The molecule has 0 atom stereocenters. The van der Waals surface area contributed by atoms with Crippen LogP contribution in [0.4, 0.5) is 23.2 Å². The average molecular weight is 330 g/mol. The molecular weight excluding hydrogens is 318 g/mol. The maximum Gasteiger partial charge on any atom is 0.417 e. The number of alkyl halides is 3. The van der Waals surface area contributed by atoms with Crippen LogP contribution in [-0.4, -0.2) is 6.54 Å². The highest BCUT2D eigenvalue weighted by Crippen LogP contribution is 2.37. The van der Waals surface area contributed by atoms with Crippen LogP contribution < -0.4 is 4.90 Å². The molecule has 2 aromatic carbocycles. The van der Waals surface area contributed by atoms with E-state index in [9.17, 15) is 17.6 Å². The van der Waals surface area contributed by atoms with Gasteiger partial charge in [0.25, 0.3) is 0 Å². The first-order valence-electron chi connectivity index (χ1n) is 6.73. The summed E-state index contributed by atoms with van der Waals surface area (Å²) >= 11 is 5.75. The Morgan fingerprint density at radius 1 is 1.00 bits per heavy atom. The summed E-state index contributed by atoms with van der Waals surface area (Å²) in [6.45, 7) is 1.11. The van der Waals surface area contributed by atoms with Crippen LogP contribution in [0.3, 0.4) is 0 Å². The minimum absolute atomic E-state index is 0.314. The number of hydrogen-bond acceptors (Lipinski definition) is 1. The standard InChI is InChI=1S/C16H12ClF4N/c17-15-8-13(3-4-14(15)16(19,20)21)22-6-5-10-1-2-12(18)7-11(10)9-22/h1-4,7-8H,5-6,9H2. The van der Waals surface area contributed by atoms with E-state index in [-0.39, 0.29) is 10.8 Å². The van der Waals surface area contributed by atoms with Gasteiger partial charge in [-0.25, -0.2) is 4.39 Å². The monoisotopic (exact) mass is 329 g/mol. The number of nitrogens with zero attached hydrogens (tertiary/aromatic N) is 1. The number of rotatable bonds is 1. The highest BCUT2D eigenvalue weighted by Gasteiger charge is 2.33. The van der Waals surface area contributed by atoms with Crippen LogP contribution in [0, 0.1) is 5.82 Å². The fraction of sp³-hybridized carbons (Fsp3) is 0.250. The lowest BCUT2D eigenvalue weighted by Gasteiger charge is -2.31. The van der Waals surface area contributed by atoms with Crippen LogP contribution in [0.5, 0.6) is 0 Å². The van der Waals surface area contributed by atoms with Gasteiger partial charge in [0.2, 0.25) is 0 Å². The third-order valence-corrected chi connectivity index (χ3v) is 4.12. The maximum absolute atomic E-state index is 13.3. The molecule has 0 aromatic heterocycles. The molecule has 22 heavy (non-hydrogen) atoms. The smallest absolute Gasteiger partial charge is 0.367 e. The van der Waals surface area contributed by atoms with Crippen molar-refractivity contribution >= 4 is 17.3 Å². The van der Waals surface area contributed by atoms with Gasteiger partial charge in [-0.3, -0.25) is 0 Å². The van der Waals surface area contributed by atoms with Gasteiger partial charge in [-0.15, -0.1) is 0 Å². The van der Waals surface area contributed by atoms with Crippen molar-refractivity contribution in [3.8, 4) is 0 Å². The summed E-state index contributed by atoms with van der Waals surface area (Å²) in [5.41, 5.74) is 1.67. The second kappa shape index (κ2) is 5.47. The summed E-state index contributed by atoms with van der Waals surface area (Å²) in [7, 11) is 0. The number of fused-ring (bicyclic) bond motifs is 1. The van der Waals surface area contributed by atoms with Crippen molar-refractivity contribution in [3.05, 3.63) is 63.9 Å². The van der Waals surface area contributed by atoms with Gasteiger partial charge in [-0.05, 0) is 47.9 Å². The van der Waals surface area contributed by atoms with Gasteiger partial charge in [-0.1, -0.05) is 17.7 Å². The molecule has 1 heterocycles. The highest BCUT2D eigenvalue weighted by atomic mass is 35.5. The Hall–Kier alpha value is -1.75. The van der Waals surface area contributed by atoms with Crippen molar-refractivity contribution in [2.45, 2.75) is 19.1 Å². The molecule has 1 nitrogen and oxygen atoms in total. The Balaban J connectivity index is 1.88. The normalized spacial score (nSPS) is 14.9. The molecule has 1 aliphatic heterocycles. The van der Waals surface area contributed by atoms with E-state index >= 15 is 0 Å². The summed E-state index contributed by atoms with van der Waals surface area (Å²) < 4.78 is 51.5. The third-order valence-electron chi connectivity index (χ3n) is 3.80. The molecule has 2 aromatic rings. The van der Waals surface area contributed by atoms with Crippen LogP contribution in [0.25, 0.3) is 0 Å². The van der Waals surface area contributed by atoms with Crippen molar-refractivity contribution < 1.29 is 17.6 Å². The Morgan fingerprint density at radius 2 is 1.77 bits per heavy atom. The minimum Gasteiger partial charge on any atom is -0.367 e. The molecule has 0 saturated carbocycles. The summed E-state index contributed by atoms with van der Waals surface area (Å²) in [5.74, 6) is -0.314. The Kier molecular flexibility index (Phi) is 3.77. The van der Waals surface area contributed by atoms with Crippen LogP contribution >= 0.6 is 11.6 Å². The first-order valence-corrected chi connectivity index (χ1v) is 7.11. The van der Waals surface area contributed by atoms with Crippen LogP contribution in [0.2, 0.25) is 5.02 Å². The summed E-state index contributed by atoms with van der Waals surface area (Å²) in [6, 6.07) is 8.34. The predicted octanol–water partition coefficient (Wildman–Crippen LogP) is 5.06. The molecule has 0 spiro atoms. The first kappa shape index (κ1) is 15.2. The van der Waals surface area contributed by atoms with Gasteiger partial charge in [0, 0.05) is 18.8 Å². The van der Waals surface area contributed by atoms with E-state index < -0.39 is 11.7 Å². The van der Waals surface area contributed by atoms with Crippen molar-refractivity contribution in [3.63, 3.8) is 0 Å².